The van der Waals surface area contributed by atoms with Crippen molar-refractivity contribution in [2.75, 3.05) is 18.5 Å². The summed E-state index contributed by atoms with van der Waals surface area (Å²) in [6.07, 6.45) is 0. The van der Waals surface area contributed by atoms with Gasteiger partial charge in [-0.1, -0.05) is 28.1 Å². The number of rotatable bonds is 7. The lowest BCUT2D eigenvalue weighted by molar-refractivity contribution is 0.287. The number of hydrogen-bond acceptors (Lipinski definition) is 3. The molecular formula is C18H21BrN2O2S. The van der Waals surface area contributed by atoms with E-state index in [1.54, 1.807) is 0 Å². The predicted octanol–water partition coefficient (Wildman–Crippen LogP) is 4.73. The first-order chi connectivity index (χ1) is 11.6. The maximum atomic E-state index is 5.64. The van der Waals surface area contributed by atoms with Crippen molar-refractivity contribution in [2.24, 2.45) is 0 Å². The lowest BCUT2D eigenvalue weighted by Crippen LogP contribution is -2.27. The van der Waals surface area contributed by atoms with Crippen LogP contribution in [0.1, 0.15) is 19.4 Å². The summed E-state index contributed by atoms with van der Waals surface area (Å²) in [4.78, 5) is 0. The molecule has 4 nitrogen and oxygen atoms in total. The highest BCUT2D eigenvalue weighted by atomic mass is 79.9. The van der Waals surface area contributed by atoms with Crippen LogP contribution in [0, 0.1) is 0 Å². The zero-order valence-corrected chi connectivity index (χ0v) is 16.2. The topological polar surface area (TPSA) is 42.5 Å². The Labute approximate surface area is 156 Å². The molecule has 0 aromatic heterocycles. The predicted molar refractivity (Wildman–Crippen MR) is 106 cm³/mol. The largest absolute Gasteiger partial charge is 0.490 e. The van der Waals surface area contributed by atoms with Crippen molar-refractivity contribution in [1.29, 1.82) is 0 Å². The fourth-order valence-corrected chi connectivity index (χ4v) is 2.72. The van der Waals surface area contributed by atoms with Crippen LogP contribution in [0.4, 0.5) is 5.69 Å². The van der Waals surface area contributed by atoms with Crippen molar-refractivity contribution in [1.82, 2.24) is 5.32 Å². The molecule has 6 heteroatoms. The Morgan fingerprint density at radius 1 is 1.04 bits per heavy atom. The highest BCUT2D eigenvalue weighted by molar-refractivity contribution is 9.10. The van der Waals surface area contributed by atoms with Gasteiger partial charge >= 0.3 is 0 Å². The summed E-state index contributed by atoms with van der Waals surface area (Å²) in [5.41, 5.74) is 2.00. The normalized spacial score (nSPS) is 10.1. The highest BCUT2D eigenvalue weighted by Gasteiger charge is 2.06. The van der Waals surface area contributed by atoms with E-state index in [4.69, 9.17) is 21.7 Å². The van der Waals surface area contributed by atoms with Gasteiger partial charge in [0.15, 0.2) is 16.6 Å². The van der Waals surface area contributed by atoms with Crippen molar-refractivity contribution in [3.05, 3.63) is 52.5 Å². The first kappa shape index (κ1) is 18.5. The SMILES string of the molecule is CCOc1ccc(CNC(=S)Nc2cccc(Br)c2)cc1OCC. The summed E-state index contributed by atoms with van der Waals surface area (Å²) >= 11 is 8.78. The van der Waals surface area contributed by atoms with Crippen LogP contribution in [0.5, 0.6) is 11.5 Å². The standard InChI is InChI=1S/C18H21BrN2O2S/c1-3-22-16-9-8-13(10-17(16)23-4-2)12-20-18(24)21-15-7-5-6-14(19)11-15/h5-11H,3-4,12H2,1-2H3,(H2,20,21,24). The third-order valence-corrected chi connectivity index (χ3v) is 3.88. The quantitative estimate of drug-likeness (QED) is 0.647. The van der Waals surface area contributed by atoms with E-state index >= 15 is 0 Å². The summed E-state index contributed by atoms with van der Waals surface area (Å²) < 4.78 is 12.2. The number of anilines is 1. The van der Waals surface area contributed by atoms with Crippen molar-refractivity contribution >= 4 is 38.9 Å². The average Bonchev–Trinajstić information content (AvgIpc) is 2.55. The molecule has 0 bridgehead atoms. The molecule has 2 aromatic carbocycles. The fraction of sp³-hybridized carbons (Fsp3) is 0.278. The van der Waals surface area contributed by atoms with Crippen molar-refractivity contribution < 1.29 is 9.47 Å². The molecule has 0 saturated heterocycles. The smallest absolute Gasteiger partial charge is 0.171 e. The Morgan fingerprint density at radius 2 is 1.79 bits per heavy atom. The molecule has 0 radical (unpaired) electrons. The summed E-state index contributed by atoms with van der Waals surface area (Å²) in [7, 11) is 0. The van der Waals surface area contributed by atoms with Crippen LogP contribution in [0.25, 0.3) is 0 Å². The Hall–Kier alpha value is -1.79. The van der Waals surface area contributed by atoms with Gasteiger partial charge in [-0.2, -0.15) is 0 Å². The molecule has 0 fully saturated rings. The van der Waals surface area contributed by atoms with Gasteiger partial charge in [0, 0.05) is 16.7 Å². The Balaban J connectivity index is 1.95. The molecule has 2 N–H and O–H groups in total. The lowest BCUT2D eigenvalue weighted by Gasteiger charge is -2.14. The molecule has 24 heavy (non-hydrogen) atoms. The number of benzene rings is 2. The molecule has 0 unspecified atom stereocenters. The maximum Gasteiger partial charge on any atom is 0.171 e. The monoisotopic (exact) mass is 408 g/mol. The number of nitrogens with one attached hydrogen (secondary N) is 2. The van der Waals surface area contributed by atoms with E-state index in [1.165, 1.54) is 0 Å². The summed E-state index contributed by atoms with van der Waals surface area (Å²) in [6.45, 7) is 5.72. The van der Waals surface area contributed by atoms with Gasteiger partial charge in [-0.15, -0.1) is 0 Å². The lowest BCUT2D eigenvalue weighted by atomic mass is 10.2. The van der Waals surface area contributed by atoms with Gasteiger partial charge in [0.05, 0.1) is 13.2 Å². The average molecular weight is 409 g/mol. The molecule has 0 heterocycles. The van der Waals surface area contributed by atoms with Crippen LogP contribution >= 0.6 is 28.1 Å². The first-order valence-corrected chi connectivity index (χ1v) is 9.01. The van der Waals surface area contributed by atoms with Gasteiger partial charge in [-0.05, 0) is 62.0 Å². The van der Waals surface area contributed by atoms with Crippen molar-refractivity contribution in [3.8, 4) is 11.5 Å². The fourth-order valence-electron chi connectivity index (χ4n) is 2.13. The third-order valence-electron chi connectivity index (χ3n) is 3.14. The minimum Gasteiger partial charge on any atom is -0.490 e. The van der Waals surface area contributed by atoms with Gasteiger partial charge < -0.3 is 20.1 Å². The Morgan fingerprint density at radius 3 is 2.50 bits per heavy atom. The summed E-state index contributed by atoms with van der Waals surface area (Å²) in [6, 6.07) is 13.8. The molecule has 0 aliphatic carbocycles. The van der Waals surface area contributed by atoms with E-state index in [9.17, 15) is 0 Å². The highest BCUT2D eigenvalue weighted by Crippen LogP contribution is 2.28. The van der Waals surface area contributed by atoms with Crippen molar-refractivity contribution in [3.63, 3.8) is 0 Å². The Bertz CT molecular complexity index is 694. The van der Waals surface area contributed by atoms with E-state index in [1.807, 2.05) is 56.3 Å². The maximum absolute atomic E-state index is 5.64. The first-order valence-electron chi connectivity index (χ1n) is 7.81. The molecule has 128 valence electrons. The molecule has 0 atom stereocenters. The molecule has 0 aliphatic rings. The van der Waals surface area contributed by atoms with Crippen molar-refractivity contribution in [2.45, 2.75) is 20.4 Å². The van der Waals surface area contributed by atoms with E-state index in [0.717, 1.165) is 27.2 Å². The number of ether oxygens (including phenoxy) is 2. The van der Waals surface area contributed by atoms with Gasteiger partial charge in [0.1, 0.15) is 0 Å². The molecule has 2 rings (SSSR count). The number of hydrogen-bond donors (Lipinski definition) is 2. The van der Waals surface area contributed by atoms with E-state index < -0.39 is 0 Å². The molecular weight excluding hydrogens is 388 g/mol. The summed E-state index contributed by atoms with van der Waals surface area (Å²) in [5, 5.41) is 6.92. The minimum atomic E-state index is 0.569. The second-order valence-electron chi connectivity index (χ2n) is 4.97. The second kappa shape index (κ2) is 9.49. The molecule has 2 aromatic rings. The molecule has 0 aliphatic heterocycles. The van der Waals surface area contributed by atoms with Crippen LogP contribution in [0.15, 0.2) is 46.9 Å². The Kier molecular flexibility index (Phi) is 7.34. The third kappa shape index (κ3) is 5.69. The van der Waals surface area contributed by atoms with Crippen LogP contribution in [-0.2, 0) is 6.54 Å². The van der Waals surface area contributed by atoms with Crippen LogP contribution < -0.4 is 20.1 Å². The zero-order chi connectivity index (χ0) is 17.4. The molecule has 0 amide bonds. The van der Waals surface area contributed by atoms with Gasteiger partial charge in [0.25, 0.3) is 0 Å². The molecule has 0 spiro atoms. The number of thiocarbonyl (C=S) groups is 1. The van der Waals surface area contributed by atoms with E-state index in [0.29, 0.717) is 24.9 Å². The summed E-state index contributed by atoms with van der Waals surface area (Å²) in [5.74, 6) is 1.52. The van der Waals surface area contributed by atoms with Crippen LogP contribution in [0.2, 0.25) is 0 Å². The van der Waals surface area contributed by atoms with Gasteiger partial charge in [0.2, 0.25) is 0 Å². The van der Waals surface area contributed by atoms with Crippen LogP contribution in [0.3, 0.4) is 0 Å². The zero-order valence-electron chi connectivity index (χ0n) is 13.8. The minimum absolute atomic E-state index is 0.569. The van der Waals surface area contributed by atoms with Gasteiger partial charge in [-0.25, -0.2) is 0 Å². The van der Waals surface area contributed by atoms with E-state index in [-0.39, 0.29) is 0 Å². The molecule has 0 saturated carbocycles. The van der Waals surface area contributed by atoms with Crippen LogP contribution in [-0.4, -0.2) is 18.3 Å². The number of halogens is 1. The van der Waals surface area contributed by atoms with E-state index in [2.05, 4.69) is 26.6 Å². The van der Waals surface area contributed by atoms with Gasteiger partial charge in [-0.3, -0.25) is 0 Å². The second-order valence-corrected chi connectivity index (χ2v) is 6.29.